The highest BCUT2D eigenvalue weighted by molar-refractivity contribution is 5.94. The second kappa shape index (κ2) is 14.6. The molecule has 3 fully saturated rings. The standard InChI is InChI=1S/C36H46N6O/c1-28-20-29(2)22-31(21-28)27-41-19-18-40(36(41)32(24-37)25-38)17-14-35(43)42(33-11-5-3-6-12-33)34-13-9-10-30(23-34)26-39-15-7-4-8-16-39/h9-10,13,20-23,33H,3-8,11-12,14-19,26-27H2,1-2H3. The van der Waals surface area contributed by atoms with E-state index >= 15 is 0 Å². The summed E-state index contributed by atoms with van der Waals surface area (Å²) in [4.78, 5) is 22.9. The normalized spacial score (nSPS) is 17.9. The van der Waals surface area contributed by atoms with Gasteiger partial charge in [-0.2, -0.15) is 10.5 Å². The molecule has 0 spiro atoms. The van der Waals surface area contributed by atoms with Gasteiger partial charge in [0.2, 0.25) is 5.91 Å². The summed E-state index contributed by atoms with van der Waals surface area (Å²) in [7, 11) is 0. The molecule has 7 heteroatoms. The lowest BCUT2D eigenvalue weighted by Crippen LogP contribution is -2.43. The van der Waals surface area contributed by atoms with E-state index in [1.54, 1.807) is 0 Å². The number of amides is 1. The van der Waals surface area contributed by atoms with Gasteiger partial charge in [-0.25, -0.2) is 0 Å². The van der Waals surface area contributed by atoms with Gasteiger partial charge in [-0.15, -0.1) is 0 Å². The Hall–Kier alpha value is -3.81. The van der Waals surface area contributed by atoms with Crippen molar-refractivity contribution in [3.8, 4) is 12.1 Å². The Morgan fingerprint density at radius 3 is 2.19 bits per heavy atom. The van der Waals surface area contributed by atoms with Crippen molar-refractivity contribution in [1.82, 2.24) is 14.7 Å². The van der Waals surface area contributed by atoms with Crippen LogP contribution in [0.3, 0.4) is 0 Å². The summed E-state index contributed by atoms with van der Waals surface area (Å²) in [6.07, 6.45) is 9.81. The minimum absolute atomic E-state index is 0.115. The molecular formula is C36H46N6O. The highest BCUT2D eigenvalue weighted by Gasteiger charge is 2.31. The Morgan fingerprint density at radius 2 is 1.49 bits per heavy atom. The first kappa shape index (κ1) is 30.6. The van der Waals surface area contributed by atoms with E-state index in [1.165, 1.54) is 42.4 Å². The molecule has 7 nitrogen and oxygen atoms in total. The number of rotatable bonds is 9. The summed E-state index contributed by atoms with van der Waals surface area (Å²) in [6.45, 7) is 9.94. The van der Waals surface area contributed by atoms with Crippen LogP contribution in [-0.2, 0) is 17.9 Å². The van der Waals surface area contributed by atoms with E-state index in [0.29, 0.717) is 38.4 Å². The molecular weight excluding hydrogens is 532 g/mol. The predicted octanol–water partition coefficient (Wildman–Crippen LogP) is 6.42. The Labute approximate surface area is 258 Å². The molecule has 2 aliphatic heterocycles. The Bertz CT molecular complexity index is 1350. The molecule has 1 amide bonds. The van der Waals surface area contributed by atoms with E-state index in [0.717, 1.165) is 56.6 Å². The summed E-state index contributed by atoms with van der Waals surface area (Å²) < 4.78 is 0. The van der Waals surface area contributed by atoms with Gasteiger partial charge in [-0.3, -0.25) is 9.69 Å². The van der Waals surface area contributed by atoms with Gasteiger partial charge in [0.05, 0.1) is 0 Å². The lowest BCUT2D eigenvalue weighted by molar-refractivity contribution is -0.119. The molecule has 5 rings (SSSR count). The zero-order valence-corrected chi connectivity index (χ0v) is 26.0. The molecule has 0 aromatic heterocycles. The van der Waals surface area contributed by atoms with Crippen LogP contribution in [0.5, 0.6) is 0 Å². The number of benzene rings is 2. The third-order valence-corrected chi connectivity index (χ3v) is 9.19. The number of aryl methyl sites for hydroxylation is 2. The minimum atomic E-state index is 0.115. The van der Waals surface area contributed by atoms with Gasteiger partial charge in [0.1, 0.15) is 18.0 Å². The number of hydrogen-bond acceptors (Lipinski definition) is 6. The molecule has 2 aromatic carbocycles. The minimum Gasteiger partial charge on any atom is -0.354 e. The van der Waals surface area contributed by atoms with Gasteiger partial charge in [-0.05, 0) is 75.9 Å². The Morgan fingerprint density at radius 1 is 0.814 bits per heavy atom. The van der Waals surface area contributed by atoms with Crippen LogP contribution in [-0.4, -0.2) is 59.4 Å². The molecule has 2 aromatic rings. The van der Waals surface area contributed by atoms with E-state index < -0.39 is 0 Å². The first-order valence-corrected chi connectivity index (χ1v) is 16.2. The van der Waals surface area contributed by atoms with Gasteiger partial charge in [0, 0.05) is 50.9 Å². The largest absolute Gasteiger partial charge is 0.354 e. The van der Waals surface area contributed by atoms with Gasteiger partial charge in [-0.1, -0.05) is 67.1 Å². The Kier molecular flexibility index (Phi) is 10.4. The molecule has 0 atom stereocenters. The van der Waals surface area contributed by atoms with Crippen LogP contribution in [0.15, 0.2) is 53.9 Å². The molecule has 0 radical (unpaired) electrons. The predicted molar refractivity (Wildman–Crippen MR) is 171 cm³/mol. The van der Waals surface area contributed by atoms with Crippen molar-refractivity contribution in [3.63, 3.8) is 0 Å². The van der Waals surface area contributed by atoms with Crippen LogP contribution >= 0.6 is 0 Å². The van der Waals surface area contributed by atoms with Crippen molar-refractivity contribution in [1.29, 1.82) is 10.5 Å². The molecule has 0 N–H and O–H groups in total. The molecule has 1 aliphatic carbocycles. The number of nitrogens with zero attached hydrogens (tertiary/aromatic N) is 6. The number of anilines is 1. The van der Waals surface area contributed by atoms with Gasteiger partial charge in [0.25, 0.3) is 0 Å². The zero-order valence-electron chi connectivity index (χ0n) is 26.0. The third kappa shape index (κ3) is 7.78. The first-order valence-electron chi connectivity index (χ1n) is 16.2. The monoisotopic (exact) mass is 578 g/mol. The number of allylic oxidation sites excluding steroid dienone is 1. The van der Waals surface area contributed by atoms with E-state index in [4.69, 9.17) is 0 Å². The van der Waals surface area contributed by atoms with Gasteiger partial charge >= 0.3 is 0 Å². The molecule has 0 bridgehead atoms. The maximum Gasteiger partial charge on any atom is 0.229 e. The average molecular weight is 579 g/mol. The van der Waals surface area contributed by atoms with Crippen LogP contribution < -0.4 is 4.90 Å². The molecule has 226 valence electrons. The topological polar surface area (TPSA) is 77.6 Å². The summed E-state index contributed by atoms with van der Waals surface area (Å²) in [5.74, 6) is 0.786. The van der Waals surface area contributed by atoms with Crippen molar-refractivity contribution in [2.24, 2.45) is 0 Å². The summed E-state index contributed by atoms with van der Waals surface area (Å²) in [5, 5.41) is 19.7. The fourth-order valence-corrected chi connectivity index (χ4v) is 7.28. The van der Waals surface area contributed by atoms with E-state index in [9.17, 15) is 15.3 Å². The van der Waals surface area contributed by atoms with E-state index in [1.807, 2.05) is 0 Å². The van der Waals surface area contributed by atoms with Crippen molar-refractivity contribution < 1.29 is 4.79 Å². The number of nitriles is 2. The zero-order chi connectivity index (χ0) is 30.2. The number of piperidine rings is 1. The first-order chi connectivity index (χ1) is 20.9. The quantitative estimate of drug-likeness (QED) is 0.320. The lowest BCUT2D eigenvalue weighted by atomic mass is 9.93. The SMILES string of the molecule is Cc1cc(C)cc(CN2CCN(CCC(=O)N(c3cccc(CN4CCCCC4)c3)C3CCCCC3)C2=C(C#N)C#N)c1. The van der Waals surface area contributed by atoms with Gasteiger partial charge < -0.3 is 14.7 Å². The molecule has 2 saturated heterocycles. The van der Waals surface area contributed by atoms with Crippen LogP contribution in [0.2, 0.25) is 0 Å². The summed E-state index contributed by atoms with van der Waals surface area (Å²) >= 11 is 0. The molecule has 43 heavy (non-hydrogen) atoms. The average Bonchev–Trinajstić information content (AvgIpc) is 3.39. The molecule has 3 aliphatic rings. The van der Waals surface area contributed by atoms with Crippen LogP contribution in [0.25, 0.3) is 0 Å². The second-order valence-electron chi connectivity index (χ2n) is 12.6. The molecule has 2 heterocycles. The number of hydrogen-bond donors (Lipinski definition) is 0. The molecule has 0 unspecified atom stereocenters. The lowest BCUT2D eigenvalue weighted by Gasteiger charge is -2.35. The highest BCUT2D eigenvalue weighted by atomic mass is 16.2. The van der Waals surface area contributed by atoms with Crippen LogP contribution in [0.1, 0.15) is 80.0 Å². The van der Waals surface area contributed by atoms with Crippen molar-refractivity contribution in [2.75, 3.05) is 37.6 Å². The molecule has 1 saturated carbocycles. The fraction of sp³-hybridized carbons (Fsp3) is 0.528. The van der Waals surface area contributed by atoms with Crippen LogP contribution in [0.4, 0.5) is 5.69 Å². The second-order valence-corrected chi connectivity index (χ2v) is 12.6. The van der Waals surface area contributed by atoms with Crippen LogP contribution in [0, 0.1) is 36.5 Å². The maximum absolute atomic E-state index is 14.1. The number of carbonyl (C=O) groups is 1. The van der Waals surface area contributed by atoms with E-state index in [2.05, 4.69) is 88.1 Å². The Balaban J connectivity index is 1.33. The van der Waals surface area contributed by atoms with Crippen molar-refractivity contribution in [2.45, 2.75) is 90.8 Å². The van der Waals surface area contributed by atoms with Gasteiger partial charge in [0.15, 0.2) is 5.57 Å². The smallest absolute Gasteiger partial charge is 0.229 e. The highest BCUT2D eigenvalue weighted by Crippen LogP contribution is 2.30. The number of likely N-dealkylation sites (tertiary alicyclic amines) is 1. The number of carbonyl (C=O) groups excluding carboxylic acids is 1. The van der Waals surface area contributed by atoms with Crippen molar-refractivity contribution >= 4 is 11.6 Å². The summed E-state index contributed by atoms with van der Waals surface area (Å²) in [5.41, 5.74) is 5.96. The summed E-state index contributed by atoms with van der Waals surface area (Å²) in [6, 6.07) is 19.6. The van der Waals surface area contributed by atoms with Crippen molar-refractivity contribution in [3.05, 3.63) is 76.1 Å². The third-order valence-electron chi connectivity index (χ3n) is 9.19. The maximum atomic E-state index is 14.1. The van der Waals surface area contributed by atoms with E-state index in [-0.39, 0.29) is 17.5 Å². The fourth-order valence-electron chi connectivity index (χ4n) is 7.28.